The summed E-state index contributed by atoms with van der Waals surface area (Å²) in [7, 11) is 0. The van der Waals surface area contributed by atoms with Gasteiger partial charge >= 0.3 is 6.03 Å². The Balaban J connectivity index is 2.51. The number of allylic oxidation sites excluding steroid dienone is 1. The maximum Gasteiger partial charge on any atom is 0.319 e. The zero-order valence-electron chi connectivity index (χ0n) is 10.4. The smallest absolute Gasteiger partial charge is 0.319 e. The molecule has 2 amide bonds. The van der Waals surface area contributed by atoms with Gasteiger partial charge in [0, 0.05) is 11.3 Å². The highest BCUT2D eigenvalue weighted by Crippen LogP contribution is 2.31. The molecule has 0 saturated carbocycles. The molecule has 0 spiro atoms. The molecule has 2 N–H and O–H groups in total. The lowest BCUT2D eigenvalue weighted by atomic mass is 9.93. The van der Waals surface area contributed by atoms with Crippen LogP contribution in [-0.2, 0) is 4.79 Å². The summed E-state index contributed by atoms with van der Waals surface area (Å²) < 4.78 is 0. The molecule has 19 heavy (non-hydrogen) atoms. The number of carbonyl (C=O) groups is 2. The normalized spacial score (nSPS) is 18.9. The van der Waals surface area contributed by atoms with E-state index in [-0.39, 0.29) is 11.8 Å². The third-order valence-corrected chi connectivity index (χ3v) is 3.66. The van der Waals surface area contributed by atoms with E-state index in [9.17, 15) is 9.59 Å². The van der Waals surface area contributed by atoms with Crippen molar-refractivity contribution >= 4 is 35.0 Å². The Labute approximate surface area is 120 Å². The fourth-order valence-corrected chi connectivity index (χ4v) is 2.41. The second-order valence-corrected chi connectivity index (χ2v) is 5.11. The zero-order valence-corrected chi connectivity index (χ0v) is 11.9. The van der Waals surface area contributed by atoms with Crippen molar-refractivity contribution in [2.24, 2.45) is 0 Å². The van der Waals surface area contributed by atoms with E-state index in [4.69, 9.17) is 23.2 Å². The van der Waals surface area contributed by atoms with Gasteiger partial charge in [0.2, 0.25) is 0 Å². The van der Waals surface area contributed by atoms with Gasteiger partial charge < -0.3 is 10.6 Å². The van der Waals surface area contributed by atoms with Crippen LogP contribution in [0.5, 0.6) is 0 Å². The van der Waals surface area contributed by atoms with Crippen LogP contribution in [-0.4, -0.2) is 11.8 Å². The average molecular weight is 299 g/mol. The maximum atomic E-state index is 11.7. The van der Waals surface area contributed by atoms with Gasteiger partial charge in [0.25, 0.3) is 0 Å². The first kappa shape index (κ1) is 13.9. The number of halogens is 2. The highest BCUT2D eigenvalue weighted by Gasteiger charge is 2.29. The minimum Gasteiger partial charge on any atom is -0.327 e. The van der Waals surface area contributed by atoms with E-state index in [0.29, 0.717) is 26.9 Å². The number of amides is 2. The largest absolute Gasteiger partial charge is 0.327 e. The van der Waals surface area contributed by atoms with Gasteiger partial charge in [-0.3, -0.25) is 4.79 Å². The molecule has 1 unspecified atom stereocenters. The first-order chi connectivity index (χ1) is 8.90. The van der Waals surface area contributed by atoms with Crippen molar-refractivity contribution in [3.05, 3.63) is 45.1 Å². The van der Waals surface area contributed by atoms with Crippen molar-refractivity contribution in [3.8, 4) is 0 Å². The molecule has 0 radical (unpaired) electrons. The second-order valence-electron chi connectivity index (χ2n) is 4.30. The standard InChI is InChI=1S/C13H12Cl2N2O2/c1-6-11(7(2)18)12(17-13(19)16-6)8-3-4-9(14)10(15)5-8/h3-5,12H,1-2H3,(H2,16,17,19). The van der Waals surface area contributed by atoms with Crippen LogP contribution in [0.3, 0.4) is 0 Å². The number of hydrogen-bond acceptors (Lipinski definition) is 2. The number of ketones is 1. The van der Waals surface area contributed by atoms with E-state index < -0.39 is 6.04 Å². The van der Waals surface area contributed by atoms with E-state index in [0.717, 1.165) is 0 Å². The van der Waals surface area contributed by atoms with Gasteiger partial charge in [-0.05, 0) is 31.5 Å². The van der Waals surface area contributed by atoms with Crippen LogP contribution in [0, 0.1) is 0 Å². The van der Waals surface area contributed by atoms with Crippen molar-refractivity contribution in [1.82, 2.24) is 10.6 Å². The molecule has 100 valence electrons. The first-order valence-corrected chi connectivity index (χ1v) is 6.40. The molecule has 1 aliphatic heterocycles. The molecule has 6 heteroatoms. The number of Topliss-reactive ketones (excluding diaryl/α,β-unsaturated/α-hetero) is 1. The minimum absolute atomic E-state index is 0.110. The van der Waals surface area contributed by atoms with E-state index >= 15 is 0 Å². The molecule has 1 heterocycles. The monoisotopic (exact) mass is 298 g/mol. The Hall–Kier alpha value is -1.52. The van der Waals surface area contributed by atoms with Gasteiger partial charge in [-0.1, -0.05) is 29.3 Å². The van der Waals surface area contributed by atoms with Crippen LogP contribution >= 0.6 is 23.2 Å². The van der Waals surface area contributed by atoms with Crippen LogP contribution < -0.4 is 10.6 Å². The Morgan fingerprint density at radius 1 is 1.26 bits per heavy atom. The molecule has 2 rings (SSSR count). The number of hydrogen-bond donors (Lipinski definition) is 2. The van der Waals surface area contributed by atoms with Crippen LogP contribution in [0.2, 0.25) is 10.0 Å². The van der Waals surface area contributed by atoms with Crippen LogP contribution in [0.25, 0.3) is 0 Å². The number of benzene rings is 1. The predicted molar refractivity (Wildman–Crippen MR) is 74.3 cm³/mol. The number of nitrogens with one attached hydrogen (secondary N) is 2. The molecule has 0 saturated heterocycles. The minimum atomic E-state index is -0.513. The molecule has 0 aliphatic carbocycles. The molecule has 0 fully saturated rings. The van der Waals surface area contributed by atoms with Gasteiger partial charge in [0.1, 0.15) is 0 Å². The van der Waals surface area contributed by atoms with Crippen LogP contribution in [0.1, 0.15) is 25.5 Å². The third-order valence-electron chi connectivity index (χ3n) is 2.93. The van der Waals surface area contributed by atoms with Crippen molar-refractivity contribution in [1.29, 1.82) is 0 Å². The van der Waals surface area contributed by atoms with Gasteiger partial charge in [-0.2, -0.15) is 0 Å². The Kier molecular flexibility index (Phi) is 3.83. The topological polar surface area (TPSA) is 58.2 Å². The molecule has 1 atom stereocenters. The highest BCUT2D eigenvalue weighted by atomic mass is 35.5. The molecule has 1 aromatic carbocycles. The SMILES string of the molecule is CC(=O)C1=C(C)NC(=O)NC1c1ccc(Cl)c(Cl)c1. The van der Waals surface area contributed by atoms with Gasteiger partial charge in [-0.15, -0.1) is 0 Å². The summed E-state index contributed by atoms with van der Waals surface area (Å²) in [6.07, 6.45) is 0. The van der Waals surface area contributed by atoms with Crippen LogP contribution in [0.4, 0.5) is 4.79 Å². The highest BCUT2D eigenvalue weighted by molar-refractivity contribution is 6.42. The van der Waals surface area contributed by atoms with Gasteiger partial charge in [-0.25, -0.2) is 4.79 Å². The van der Waals surface area contributed by atoms with Crippen LogP contribution in [0.15, 0.2) is 29.5 Å². The number of rotatable bonds is 2. The molecule has 1 aliphatic rings. The molecule has 0 bridgehead atoms. The lowest BCUT2D eigenvalue weighted by Crippen LogP contribution is -2.44. The first-order valence-electron chi connectivity index (χ1n) is 5.64. The molecular weight excluding hydrogens is 287 g/mol. The van der Waals surface area contributed by atoms with Gasteiger partial charge in [0.15, 0.2) is 5.78 Å². The summed E-state index contributed by atoms with van der Waals surface area (Å²) in [4.78, 5) is 23.3. The van der Waals surface area contributed by atoms with Crippen molar-refractivity contribution in [2.45, 2.75) is 19.9 Å². The summed E-state index contributed by atoms with van der Waals surface area (Å²) in [6, 6.07) is 4.16. The van der Waals surface area contributed by atoms with E-state index in [1.165, 1.54) is 6.92 Å². The summed E-state index contributed by atoms with van der Waals surface area (Å²) in [6.45, 7) is 3.16. The lowest BCUT2D eigenvalue weighted by molar-refractivity contribution is -0.114. The summed E-state index contributed by atoms with van der Waals surface area (Å²) in [5, 5.41) is 6.11. The fourth-order valence-electron chi connectivity index (χ4n) is 2.10. The molecule has 4 nitrogen and oxygen atoms in total. The Bertz CT molecular complexity index is 596. The van der Waals surface area contributed by atoms with Crippen molar-refractivity contribution in [3.63, 3.8) is 0 Å². The summed E-state index contributed by atoms with van der Waals surface area (Å²) in [5.41, 5.74) is 1.78. The van der Waals surface area contributed by atoms with Crippen molar-refractivity contribution in [2.75, 3.05) is 0 Å². The van der Waals surface area contributed by atoms with E-state index in [2.05, 4.69) is 10.6 Å². The molecular formula is C13H12Cl2N2O2. The zero-order chi connectivity index (χ0) is 14.2. The number of carbonyl (C=O) groups excluding carboxylic acids is 2. The maximum absolute atomic E-state index is 11.7. The third kappa shape index (κ3) is 2.74. The predicted octanol–water partition coefficient (Wildman–Crippen LogP) is 3.21. The lowest BCUT2D eigenvalue weighted by Gasteiger charge is -2.28. The Morgan fingerprint density at radius 3 is 2.53 bits per heavy atom. The molecule has 1 aromatic rings. The van der Waals surface area contributed by atoms with E-state index in [1.807, 2.05) is 0 Å². The van der Waals surface area contributed by atoms with E-state index in [1.54, 1.807) is 25.1 Å². The second kappa shape index (κ2) is 5.23. The van der Waals surface area contributed by atoms with Crippen molar-refractivity contribution < 1.29 is 9.59 Å². The Morgan fingerprint density at radius 2 is 1.95 bits per heavy atom. The summed E-state index contributed by atoms with van der Waals surface area (Å²) >= 11 is 11.8. The average Bonchev–Trinajstić information content (AvgIpc) is 2.31. The quantitative estimate of drug-likeness (QED) is 0.881. The summed E-state index contributed by atoms with van der Waals surface area (Å²) in [5.74, 6) is -0.110. The fraction of sp³-hybridized carbons (Fsp3) is 0.231. The van der Waals surface area contributed by atoms with Gasteiger partial charge in [0.05, 0.1) is 16.1 Å². The number of urea groups is 1. The molecule has 0 aromatic heterocycles.